The summed E-state index contributed by atoms with van der Waals surface area (Å²) in [5.41, 5.74) is 0.226. The van der Waals surface area contributed by atoms with E-state index in [1.54, 1.807) is 0 Å². The number of nitrogens with one attached hydrogen (secondary N) is 2. The zero-order valence-electron chi connectivity index (χ0n) is 14.0. The van der Waals surface area contributed by atoms with E-state index in [2.05, 4.69) is 17.2 Å². The average molecular weight is 380 g/mol. The van der Waals surface area contributed by atoms with Crippen molar-refractivity contribution < 1.29 is 33.8 Å². The van der Waals surface area contributed by atoms with Gasteiger partial charge < -0.3 is 25.2 Å². The maximum atomic E-state index is 12.6. The number of aliphatic carboxylic acids is 1. The molecule has 2 rings (SSSR count). The van der Waals surface area contributed by atoms with Crippen molar-refractivity contribution in [3.63, 3.8) is 0 Å². The van der Waals surface area contributed by atoms with Crippen LogP contribution in [0.15, 0.2) is 24.5 Å². The van der Waals surface area contributed by atoms with E-state index >= 15 is 0 Å². The first kappa shape index (κ1) is 19.3. The topological polar surface area (TPSA) is 131 Å². The van der Waals surface area contributed by atoms with E-state index in [0.29, 0.717) is 17.5 Å². The molecule has 0 saturated heterocycles. The van der Waals surface area contributed by atoms with Crippen LogP contribution in [0, 0.1) is 0 Å². The molecule has 1 unspecified atom stereocenters. The Bertz CT molecular complexity index is 806. The molecule has 0 fully saturated rings. The zero-order valence-corrected chi connectivity index (χ0v) is 14.8. The fourth-order valence-corrected chi connectivity index (χ4v) is 2.96. The molecular formula is C16H16N2O7S. The third kappa shape index (κ3) is 4.33. The molecule has 0 saturated carbocycles. The summed E-state index contributed by atoms with van der Waals surface area (Å²) in [7, 11) is 1.40. The van der Waals surface area contributed by atoms with Crippen LogP contribution in [0.4, 0.5) is 5.69 Å². The van der Waals surface area contributed by atoms with Gasteiger partial charge in [0, 0.05) is 18.7 Å². The van der Waals surface area contributed by atoms with Crippen molar-refractivity contribution in [1.82, 2.24) is 5.32 Å². The number of carbonyl (C=O) groups excluding carboxylic acids is 3. The maximum absolute atomic E-state index is 12.6. The fourth-order valence-electron chi connectivity index (χ4n) is 2.10. The first-order valence-corrected chi connectivity index (χ1v) is 8.28. The number of amides is 2. The quantitative estimate of drug-likeness (QED) is 0.623. The molecule has 1 aliphatic rings. The summed E-state index contributed by atoms with van der Waals surface area (Å²) in [6.07, 6.45) is 0. The molecule has 1 aromatic carbocycles. The van der Waals surface area contributed by atoms with E-state index in [1.165, 1.54) is 26.2 Å². The molecule has 0 aromatic heterocycles. The van der Waals surface area contributed by atoms with Crippen LogP contribution in [0.5, 0.6) is 11.5 Å². The number of hydrogen-bond acceptors (Lipinski definition) is 7. The molecule has 10 heteroatoms. The predicted molar refractivity (Wildman–Crippen MR) is 93.4 cm³/mol. The Morgan fingerprint density at radius 3 is 2.69 bits per heavy atom. The van der Waals surface area contributed by atoms with Crippen LogP contribution in [0.1, 0.15) is 17.3 Å². The standard InChI is InChI=1S/C16H16N2O7S/c1-7-14(20)18-13-10(4-9(24-3)5-12(13)25-7)16(23)26-6-11(15(21)22)17-8(2)19/h4-5,11H,1,6H2,2-3H3,(H,17,19)(H,18,20)(H,21,22). The van der Waals surface area contributed by atoms with E-state index < -0.39 is 28.9 Å². The molecule has 2 amide bonds. The second-order valence-electron chi connectivity index (χ2n) is 5.22. The van der Waals surface area contributed by atoms with Crippen LogP contribution in [0.3, 0.4) is 0 Å². The largest absolute Gasteiger partial charge is 0.497 e. The van der Waals surface area contributed by atoms with Gasteiger partial charge in [0.05, 0.1) is 18.4 Å². The minimum absolute atomic E-state index is 0.0807. The first-order chi connectivity index (χ1) is 12.2. The normalized spacial score (nSPS) is 13.8. The molecule has 1 aliphatic heterocycles. The van der Waals surface area contributed by atoms with Crippen molar-refractivity contribution in [1.29, 1.82) is 0 Å². The smallest absolute Gasteiger partial charge is 0.327 e. The lowest BCUT2D eigenvalue weighted by molar-refractivity contribution is -0.140. The number of anilines is 1. The molecule has 3 N–H and O–H groups in total. The number of ether oxygens (including phenoxy) is 2. The Kier molecular flexibility index (Phi) is 5.88. The number of methoxy groups -OCH3 is 1. The van der Waals surface area contributed by atoms with Gasteiger partial charge in [-0.05, 0) is 6.07 Å². The highest BCUT2D eigenvalue weighted by Crippen LogP contribution is 2.39. The van der Waals surface area contributed by atoms with Crippen molar-refractivity contribution in [2.75, 3.05) is 18.2 Å². The lowest BCUT2D eigenvalue weighted by Crippen LogP contribution is -2.41. The Hall–Kier alpha value is -3.01. The molecule has 0 aliphatic carbocycles. The van der Waals surface area contributed by atoms with Crippen molar-refractivity contribution in [3.8, 4) is 11.5 Å². The van der Waals surface area contributed by atoms with Gasteiger partial charge in [0.25, 0.3) is 5.91 Å². The van der Waals surface area contributed by atoms with E-state index in [4.69, 9.17) is 14.6 Å². The lowest BCUT2D eigenvalue weighted by atomic mass is 10.1. The summed E-state index contributed by atoms with van der Waals surface area (Å²) in [5.74, 6) is -2.20. The van der Waals surface area contributed by atoms with Gasteiger partial charge in [0.15, 0.2) is 11.5 Å². The number of thioether (sulfide) groups is 1. The van der Waals surface area contributed by atoms with Crippen LogP contribution in [-0.2, 0) is 14.4 Å². The van der Waals surface area contributed by atoms with Crippen LogP contribution in [-0.4, -0.2) is 46.9 Å². The van der Waals surface area contributed by atoms with Crippen LogP contribution in [0.25, 0.3) is 0 Å². The second kappa shape index (κ2) is 7.91. The van der Waals surface area contributed by atoms with Gasteiger partial charge in [-0.2, -0.15) is 0 Å². The van der Waals surface area contributed by atoms with Gasteiger partial charge in [0.2, 0.25) is 11.0 Å². The fraction of sp³-hybridized carbons (Fsp3) is 0.250. The van der Waals surface area contributed by atoms with Crippen LogP contribution < -0.4 is 20.1 Å². The Morgan fingerprint density at radius 2 is 2.12 bits per heavy atom. The summed E-state index contributed by atoms with van der Waals surface area (Å²) in [5, 5.41) is 13.3. The third-order valence-corrected chi connectivity index (χ3v) is 4.30. The summed E-state index contributed by atoms with van der Waals surface area (Å²) < 4.78 is 10.4. The lowest BCUT2D eigenvalue weighted by Gasteiger charge is -2.22. The molecule has 1 heterocycles. The average Bonchev–Trinajstić information content (AvgIpc) is 2.57. The molecule has 26 heavy (non-hydrogen) atoms. The van der Waals surface area contributed by atoms with Gasteiger partial charge in [-0.25, -0.2) is 4.79 Å². The summed E-state index contributed by atoms with van der Waals surface area (Å²) in [4.78, 5) is 46.5. The number of benzene rings is 1. The molecular weight excluding hydrogens is 364 g/mol. The molecule has 0 radical (unpaired) electrons. The number of carboxylic acid groups (broad SMARTS) is 1. The van der Waals surface area contributed by atoms with Crippen LogP contribution >= 0.6 is 11.8 Å². The van der Waals surface area contributed by atoms with Crippen LogP contribution in [0.2, 0.25) is 0 Å². The zero-order chi connectivity index (χ0) is 19.4. The minimum atomic E-state index is -1.26. The second-order valence-corrected chi connectivity index (χ2v) is 6.21. The highest BCUT2D eigenvalue weighted by Gasteiger charge is 2.28. The Morgan fingerprint density at radius 1 is 1.42 bits per heavy atom. The van der Waals surface area contributed by atoms with E-state index in [9.17, 15) is 19.2 Å². The molecule has 1 aromatic rings. The van der Waals surface area contributed by atoms with Crippen molar-refractivity contribution in [2.24, 2.45) is 0 Å². The predicted octanol–water partition coefficient (Wildman–Crippen LogP) is 1.00. The van der Waals surface area contributed by atoms with Gasteiger partial charge in [-0.1, -0.05) is 18.3 Å². The summed E-state index contributed by atoms with van der Waals surface area (Å²) >= 11 is 0.683. The maximum Gasteiger partial charge on any atom is 0.327 e. The van der Waals surface area contributed by atoms with E-state index in [1.807, 2.05) is 0 Å². The molecule has 0 bridgehead atoms. The molecule has 0 spiro atoms. The van der Waals surface area contributed by atoms with Crippen molar-refractivity contribution in [2.45, 2.75) is 13.0 Å². The Balaban J connectivity index is 2.26. The van der Waals surface area contributed by atoms with Gasteiger partial charge in [-0.3, -0.25) is 14.4 Å². The molecule has 138 valence electrons. The first-order valence-electron chi connectivity index (χ1n) is 7.30. The number of fused-ring (bicyclic) bond motifs is 1. The highest BCUT2D eigenvalue weighted by atomic mass is 32.2. The molecule has 1 atom stereocenters. The van der Waals surface area contributed by atoms with Gasteiger partial charge in [0.1, 0.15) is 11.8 Å². The van der Waals surface area contributed by atoms with Gasteiger partial charge in [-0.15, -0.1) is 0 Å². The number of carbonyl (C=O) groups is 4. The highest BCUT2D eigenvalue weighted by molar-refractivity contribution is 8.14. The Labute approximate surface area is 152 Å². The van der Waals surface area contributed by atoms with Crippen molar-refractivity contribution >= 4 is 40.3 Å². The minimum Gasteiger partial charge on any atom is -0.497 e. The van der Waals surface area contributed by atoms with Crippen molar-refractivity contribution in [3.05, 3.63) is 30.0 Å². The van der Waals surface area contributed by atoms with E-state index in [0.717, 1.165) is 0 Å². The summed E-state index contributed by atoms with van der Waals surface area (Å²) in [6.45, 7) is 4.64. The summed E-state index contributed by atoms with van der Waals surface area (Å²) in [6, 6.07) is 1.66. The number of hydrogen-bond donors (Lipinski definition) is 3. The van der Waals surface area contributed by atoms with Gasteiger partial charge >= 0.3 is 5.97 Å². The molecule has 9 nitrogen and oxygen atoms in total. The number of carboxylic acids is 1. The number of rotatable bonds is 6. The monoisotopic (exact) mass is 380 g/mol. The van der Waals surface area contributed by atoms with E-state index in [-0.39, 0.29) is 28.5 Å². The SMILES string of the molecule is C=C1Oc2cc(OC)cc(C(=O)SCC(NC(C)=O)C(=O)O)c2NC1=O. The third-order valence-electron chi connectivity index (χ3n) is 3.31.